The SMILES string of the molecule is C=C(C)c1ccc2c(C(C)(C)OCC(C)(O)C(F)(F)F)cccc2c1. The van der Waals surface area contributed by atoms with E-state index in [1.165, 1.54) is 0 Å². The fourth-order valence-corrected chi connectivity index (χ4v) is 2.55. The summed E-state index contributed by atoms with van der Waals surface area (Å²) in [5.74, 6) is 0. The average molecular weight is 352 g/mol. The third-order valence-electron chi connectivity index (χ3n) is 4.35. The maximum atomic E-state index is 12.8. The predicted molar refractivity (Wildman–Crippen MR) is 94.3 cm³/mol. The van der Waals surface area contributed by atoms with Crippen LogP contribution in [-0.2, 0) is 10.3 Å². The molecule has 0 amide bonds. The third kappa shape index (κ3) is 4.05. The number of halogens is 3. The van der Waals surface area contributed by atoms with Crippen molar-refractivity contribution in [2.75, 3.05) is 6.61 Å². The van der Waals surface area contributed by atoms with Crippen LogP contribution < -0.4 is 0 Å². The zero-order chi connectivity index (χ0) is 19.0. The molecule has 5 heteroatoms. The first-order valence-electron chi connectivity index (χ1n) is 7.97. The van der Waals surface area contributed by atoms with Gasteiger partial charge in [-0.2, -0.15) is 13.2 Å². The van der Waals surface area contributed by atoms with E-state index < -0.39 is 24.0 Å². The van der Waals surface area contributed by atoms with Crippen molar-refractivity contribution >= 4 is 16.3 Å². The Kier molecular flexibility index (Phi) is 5.04. The van der Waals surface area contributed by atoms with Gasteiger partial charge in [0.2, 0.25) is 0 Å². The van der Waals surface area contributed by atoms with Crippen LogP contribution in [0.3, 0.4) is 0 Å². The second-order valence-corrected chi connectivity index (χ2v) is 7.09. The van der Waals surface area contributed by atoms with Gasteiger partial charge >= 0.3 is 6.18 Å². The highest BCUT2D eigenvalue weighted by atomic mass is 19.4. The zero-order valence-electron chi connectivity index (χ0n) is 14.9. The zero-order valence-corrected chi connectivity index (χ0v) is 14.9. The fourth-order valence-electron chi connectivity index (χ4n) is 2.55. The van der Waals surface area contributed by atoms with E-state index in [1.807, 2.05) is 43.3 Å². The van der Waals surface area contributed by atoms with E-state index in [1.54, 1.807) is 13.8 Å². The molecule has 0 saturated carbocycles. The number of allylic oxidation sites excluding steroid dienone is 1. The molecule has 0 aliphatic carbocycles. The molecule has 0 aliphatic rings. The molecule has 0 heterocycles. The minimum Gasteiger partial charge on any atom is -0.379 e. The van der Waals surface area contributed by atoms with Gasteiger partial charge in [-0.05, 0) is 55.7 Å². The molecule has 0 fully saturated rings. The summed E-state index contributed by atoms with van der Waals surface area (Å²) in [6.07, 6.45) is -4.75. The van der Waals surface area contributed by atoms with Crippen LogP contribution in [0, 0.1) is 0 Å². The van der Waals surface area contributed by atoms with Crippen LogP contribution in [0.25, 0.3) is 16.3 Å². The molecule has 0 saturated heterocycles. The second kappa shape index (κ2) is 6.46. The van der Waals surface area contributed by atoms with Crippen LogP contribution >= 0.6 is 0 Å². The molecule has 2 nitrogen and oxygen atoms in total. The van der Waals surface area contributed by atoms with Crippen LogP contribution in [0.4, 0.5) is 13.2 Å². The third-order valence-corrected chi connectivity index (χ3v) is 4.35. The number of alkyl halides is 3. The maximum absolute atomic E-state index is 12.8. The van der Waals surface area contributed by atoms with Gasteiger partial charge in [-0.25, -0.2) is 0 Å². The predicted octanol–water partition coefficient (Wildman–Crippen LogP) is 5.44. The van der Waals surface area contributed by atoms with E-state index >= 15 is 0 Å². The van der Waals surface area contributed by atoms with E-state index in [2.05, 4.69) is 6.58 Å². The van der Waals surface area contributed by atoms with Crippen LogP contribution in [-0.4, -0.2) is 23.5 Å². The van der Waals surface area contributed by atoms with Crippen molar-refractivity contribution in [3.8, 4) is 0 Å². The number of hydrogen-bond acceptors (Lipinski definition) is 2. The van der Waals surface area contributed by atoms with Gasteiger partial charge in [0.1, 0.15) is 0 Å². The van der Waals surface area contributed by atoms with Gasteiger partial charge in [0, 0.05) is 0 Å². The normalized spacial score (nSPS) is 15.2. The highest BCUT2D eigenvalue weighted by molar-refractivity contribution is 5.89. The van der Waals surface area contributed by atoms with Crippen molar-refractivity contribution in [2.45, 2.75) is 45.1 Å². The number of ether oxygens (including phenoxy) is 1. The summed E-state index contributed by atoms with van der Waals surface area (Å²) in [4.78, 5) is 0. The molecule has 0 spiro atoms. The molecular weight excluding hydrogens is 329 g/mol. The lowest BCUT2D eigenvalue weighted by Crippen LogP contribution is -2.47. The number of benzene rings is 2. The van der Waals surface area contributed by atoms with Crippen molar-refractivity contribution in [1.82, 2.24) is 0 Å². The molecule has 0 aromatic heterocycles. The van der Waals surface area contributed by atoms with Crippen molar-refractivity contribution in [3.05, 3.63) is 54.1 Å². The van der Waals surface area contributed by atoms with Gasteiger partial charge in [-0.3, -0.25) is 0 Å². The monoisotopic (exact) mass is 352 g/mol. The summed E-state index contributed by atoms with van der Waals surface area (Å²) in [6.45, 7) is 9.10. The van der Waals surface area contributed by atoms with E-state index in [4.69, 9.17) is 4.74 Å². The molecule has 2 aromatic carbocycles. The van der Waals surface area contributed by atoms with Crippen molar-refractivity contribution in [3.63, 3.8) is 0 Å². The van der Waals surface area contributed by atoms with Crippen molar-refractivity contribution < 1.29 is 23.0 Å². The number of fused-ring (bicyclic) bond motifs is 1. The largest absolute Gasteiger partial charge is 0.419 e. The highest BCUT2D eigenvalue weighted by Gasteiger charge is 2.51. The molecule has 0 aliphatic heterocycles. The molecule has 2 aromatic rings. The summed E-state index contributed by atoms with van der Waals surface area (Å²) < 4.78 is 44.0. The lowest BCUT2D eigenvalue weighted by molar-refractivity contribution is -0.276. The molecule has 1 N–H and O–H groups in total. The summed E-state index contributed by atoms with van der Waals surface area (Å²) in [7, 11) is 0. The lowest BCUT2D eigenvalue weighted by Gasteiger charge is -2.33. The smallest absolute Gasteiger partial charge is 0.379 e. The van der Waals surface area contributed by atoms with E-state index in [9.17, 15) is 18.3 Å². The summed E-state index contributed by atoms with van der Waals surface area (Å²) in [5, 5.41) is 11.5. The number of aliphatic hydroxyl groups is 1. The Morgan fingerprint density at radius 2 is 1.76 bits per heavy atom. The van der Waals surface area contributed by atoms with Gasteiger partial charge in [-0.15, -0.1) is 0 Å². The Morgan fingerprint density at radius 1 is 1.12 bits per heavy atom. The van der Waals surface area contributed by atoms with Crippen LogP contribution in [0.15, 0.2) is 43.0 Å². The minimum atomic E-state index is -4.75. The van der Waals surface area contributed by atoms with Gasteiger partial charge < -0.3 is 9.84 Å². The first kappa shape index (κ1) is 19.5. The average Bonchev–Trinajstić information content (AvgIpc) is 2.51. The van der Waals surface area contributed by atoms with Gasteiger partial charge in [0.05, 0.1) is 12.2 Å². The molecule has 25 heavy (non-hydrogen) atoms. The van der Waals surface area contributed by atoms with Crippen LogP contribution in [0.2, 0.25) is 0 Å². The molecular formula is C20H23F3O2. The fraction of sp³-hybridized carbons (Fsp3) is 0.400. The highest BCUT2D eigenvalue weighted by Crippen LogP contribution is 2.36. The minimum absolute atomic E-state index is 0.714. The van der Waals surface area contributed by atoms with E-state index in [0.29, 0.717) is 6.92 Å². The number of rotatable bonds is 5. The molecule has 0 bridgehead atoms. The van der Waals surface area contributed by atoms with E-state index in [0.717, 1.165) is 27.5 Å². The Labute approximate surface area is 145 Å². The Hall–Kier alpha value is -1.85. The summed E-state index contributed by atoms with van der Waals surface area (Å²) in [6, 6.07) is 11.4. The number of hydrogen-bond donors (Lipinski definition) is 1. The molecule has 136 valence electrons. The van der Waals surface area contributed by atoms with Crippen LogP contribution in [0.1, 0.15) is 38.8 Å². The molecule has 1 unspecified atom stereocenters. The molecule has 0 radical (unpaired) electrons. The first-order chi connectivity index (χ1) is 11.3. The Bertz CT molecular complexity index is 789. The first-order valence-corrected chi connectivity index (χ1v) is 7.97. The molecule has 2 rings (SSSR count). The Balaban J connectivity index is 2.38. The summed E-state index contributed by atoms with van der Waals surface area (Å²) >= 11 is 0. The summed E-state index contributed by atoms with van der Waals surface area (Å²) in [5.41, 5.74) is -1.20. The van der Waals surface area contributed by atoms with Crippen LogP contribution in [0.5, 0.6) is 0 Å². The topological polar surface area (TPSA) is 29.5 Å². The van der Waals surface area contributed by atoms with E-state index in [-0.39, 0.29) is 0 Å². The quantitative estimate of drug-likeness (QED) is 0.777. The maximum Gasteiger partial charge on any atom is 0.419 e. The van der Waals surface area contributed by atoms with Gasteiger partial charge in [0.25, 0.3) is 0 Å². The second-order valence-electron chi connectivity index (χ2n) is 7.09. The van der Waals surface area contributed by atoms with Crippen molar-refractivity contribution in [2.24, 2.45) is 0 Å². The lowest BCUT2D eigenvalue weighted by atomic mass is 9.90. The van der Waals surface area contributed by atoms with Gasteiger partial charge in [0.15, 0.2) is 5.60 Å². The molecule has 1 atom stereocenters. The Morgan fingerprint density at radius 3 is 2.32 bits per heavy atom. The van der Waals surface area contributed by atoms with Crippen molar-refractivity contribution in [1.29, 1.82) is 0 Å². The standard InChI is InChI=1S/C20H23F3O2/c1-13(2)14-9-10-16-15(11-14)7-6-8-17(16)18(3,4)25-12-19(5,24)20(21,22)23/h6-11,24H,1,12H2,2-5H3. The van der Waals surface area contributed by atoms with Gasteiger partial charge in [-0.1, -0.05) is 42.5 Å².